The summed E-state index contributed by atoms with van der Waals surface area (Å²) < 4.78 is 5.38. The first kappa shape index (κ1) is 16.0. The maximum atomic E-state index is 12.4. The number of aryl methyl sites for hydroxylation is 2. The van der Waals surface area contributed by atoms with E-state index in [1.165, 1.54) is 5.56 Å². The van der Waals surface area contributed by atoms with E-state index in [1.54, 1.807) is 0 Å². The lowest BCUT2D eigenvalue weighted by Gasteiger charge is -2.35. The average Bonchev–Trinajstić information content (AvgIpc) is 2.50. The van der Waals surface area contributed by atoms with Crippen molar-refractivity contribution in [2.24, 2.45) is 0 Å². The molecule has 1 saturated heterocycles. The molecule has 2 rings (SSSR count). The highest BCUT2D eigenvalue weighted by atomic mass is 16.5. The van der Waals surface area contributed by atoms with Crippen LogP contribution in [0.2, 0.25) is 0 Å². The van der Waals surface area contributed by atoms with Gasteiger partial charge in [0, 0.05) is 30.7 Å². The average molecular weight is 290 g/mol. The summed E-state index contributed by atoms with van der Waals surface area (Å²) in [4.78, 5) is 14.7. The molecule has 2 unspecified atom stereocenters. The molecule has 0 bridgehead atoms. The molecule has 21 heavy (non-hydrogen) atoms. The Hall–Kier alpha value is -1.39. The van der Waals surface area contributed by atoms with Crippen LogP contribution < -0.4 is 5.32 Å². The third kappa shape index (κ3) is 4.05. The predicted octanol–water partition coefficient (Wildman–Crippen LogP) is 2.14. The van der Waals surface area contributed by atoms with Crippen molar-refractivity contribution >= 4 is 5.91 Å². The van der Waals surface area contributed by atoms with Crippen LogP contribution >= 0.6 is 0 Å². The number of benzene rings is 1. The van der Waals surface area contributed by atoms with Crippen LogP contribution in [0.3, 0.4) is 0 Å². The highest BCUT2D eigenvalue weighted by Gasteiger charge is 2.23. The molecule has 0 aliphatic carbocycles. The van der Waals surface area contributed by atoms with Crippen LogP contribution in [0, 0.1) is 13.8 Å². The second-order valence-electron chi connectivity index (χ2n) is 5.95. The minimum absolute atomic E-state index is 0.00529. The number of carbonyl (C=O) groups is 1. The number of carbonyl (C=O) groups excluding carboxylic acids is 1. The van der Waals surface area contributed by atoms with Crippen LogP contribution in [0.25, 0.3) is 0 Å². The third-order valence-electron chi connectivity index (χ3n) is 4.47. The fraction of sp³-hybridized carbons (Fsp3) is 0.588. The maximum absolute atomic E-state index is 12.4. The van der Waals surface area contributed by atoms with Gasteiger partial charge in [-0.15, -0.1) is 0 Å². The smallest absolute Gasteiger partial charge is 0.251 e. The number of hydrogen-bond acceptors (Lipinski definition) is 3. The van der Waals surface area contributed by atoms with Gasteiger partial charge in [-0.2, -0.15) is 0 Å². The SMILES string of the molecule is Cc1ccc(C(=O)NC(C)C(C)N2CCOCC2)cc1C. The van der Waals surface area contributed by atoms with Gasteiger partial charge in [0.25, 0.3) is 5.91 Å². The lowest BCUT2D eigenvalue weighted by atomic mass is 10.0. The molecule has 4 nitrogen and oxygen atoms in total. The molecule has 1 amide bonds. The van der Waals surface area contributed by atoms with Crippen molar-refractivity contribution in [3.05, 3.63) is 34.9 Å². The quantitative estimate of drug-likeness (QED) is 0.924. The predicted molar refractivity (Wildman–Crippen MR) is 84.7 cm³/mol. The molecule has 0 aromatic heterocycles. The molecular weight excluding hydrogens is 264 g/mol. The Morgan fingerprint density at radius 1 is 1.19 bits per heavy atom. The summed E-state index contributed by atoms with van der Waals surface area (Å²) in [5.41, 5.74) is 3.09. The molecule has 1 aliphatic heterocycles. The van der Waals surface area contributed by atoms with Crippen molar-refractivity contribution in [3.8, 4) is 0 Å². The molecule has 0 spiro atoms. The third-order valence-corrected chi connectivity index (χ3v) is 4.47. The summed E-state index contributed by atoms with van der Waals surface area (Å²) >= 11 is 0. The number of nitrogens with zero attached hydrogens (tertiary/aromatic N) is 1. The largest absolute Gasteiger partial charge is 0.379 e. The Labute approximate surface area is 127 Å². The zero-order valence-corrected chi connectivity index (χ0v) is 13.5. The summed E-state index contributed by atoms with van der Waals surface area (Å²) in [5.74, 6) is 0.00529. The number of ether oxygens (including phenoxy) is 1. The number of amides is 1. The summed E-state index contributed by atoms with van der Waals surface area (Å²) in [5, 5.41) is 3.12. The van der Waals surface area contributed by atoms with E-state index in [0.29, 0.717) is 6.04 Å². The monoisotopic (exact) mass is 290 g/mol. The second kappa shape index (κ2) is 7.05. The van der Waals surface area contributed by atoms with Gasteiger partial charge in [-0.05, 0) is 51.0 Å². The lowest BCUT2D eigenvalue weighted by molar-refractivity contribution is 0.0137. The molecular formula is C17H26N2O2. The minimum atomic E-state index is 0.00529. The number of rotatable bonds is 4. The van der Waals surface area contributed by atoms with E-state index in [9.17, 15) is 4.79 Å². The number of morpholine rings is 1. The van der Waals surface area contributed by atoms with Crippen molar-refractivity contribution in [2.75, 3.05) is 26.3 Å². The standard InChI is InChI=1S/C17H26N2O2/c1-12-5-6-16(11-13(12)2)17(20)18-14(3)15(4)19-7-9-21-10-8-19/h5-6,11,14-15H,7-10H2,1-4H3,(H,18,20). The Bertz CT molecular complexity index is 496. The Morgan fingerprint density at radius 3 is 2.48 bits per heavy atom. The molecule has 116 valence electrons. The summed E-state index contributed by atoms with van der Waals surface area (Å²) in [6, 6.07) is 6.27. The molecule has 1 fully saturated rings. The van der Waals surface area contributed by atoms with Gasteiger partial charge in [-0.3, -0.25) is 9.69 Å². The molecule has 4 heteroatoms. The van der Waals surface area contributed by atoms with Gasteiger partial charge < -0.3 is 10.1 Å². The van der Waals surface area contributed by atoms with Crippen molar-refractivity contribution in [3.63, 3.8) is 0 Å². The first-order chi connectivity index (χ1) is 9.99. The van der Waals surface area contributed by atoms with Crippen molar-refractivity contribution in [1.82, 2.24) is 10.2 Å². The summed E-state index contributed by atoms with van der Waals surface area (Å²) in [6.45, 7) is 11.8. The van der Waals surface area contributed by atoms with E-state index in [-0.39, 0.29) is 11.9 Å². The Balaban J connectivity index is 1.95. The minimum Gasteiger partial charge on any atom is -0.379 e. The summed E-state index contributed by atoms with van der Waals surface area (Å²) in [6.07, 6.45) is 0. The van der Waals surface area contributed by atoms with Gasteiger partial charge in [-0.25, -0.2) is 0 Å². The molecule has 2 atom stereocenters. The first-order valence-electron chi connectivity index (χ1n) is 7.69. The Morgan fingerprint density at radius 2 is 1.86 bits per heavy atom. The molecule has 0 saturated carbocycles. The van der Waals surface area contributed by atoms with Gasteiger partial charge in [-0.1, -0.05) is 6.07 Å². The van der Waals surface area contributed by atoms with E-state index in [4.69, 9.17) is 4.74 Å². The van der Waals surface area contributed by atoms with Crippen LogP contribution in [0.4, 0.5) is 0 Å². The van der Waals surface area contributed by atoms with E-state index in [0.717, 1.165) is 37.4 Å². The zero-order valence-electron chi connectivity index (χ0n) is 13.5. The van der Waals surface area contributed by atoms with Gasteiger partial charge in [0.15, 0.2) is 0 Å². The van der Waals surface area contributed by atoms with Crippen molar-refractivity contribution in [1.29, 1.82) is 0 Å². The first-order valence-corrected chi connectivity index (χ1v) is 7.69. The van der Waals surface area contributed by atoms with Gasteiger partial charge >= 0.3 is 0 Å². The molecule has 0 radical (unpaired) electrons. The summed E-state index contributed by atoms with van der Waals surface area (Å²) in [7, 11) is 0. The van der Waals surface area contributed by atoms with Crippen LogP contribution in [0.1, 0.15) is 35.3 Å². The number of hydrogen-bond donors (Lipinski definition) is 1. The lowest BCUT2D eigenvalue weighted by Crippen LogP contribution is -2.52. The molecule has 1 N–H and O–H groups in total. The molecule has 1 aromatic carbocycles. The normalized spacial score (nSPS) is 19.0. The fourth-order valence-corrected chi connectivity index (χ4v) is 2.59. The zero-order chi connectivity index (χ0) is 15.4. The van der Waals surface area contributed by atoms with Crippen molar-refractivity contribution < 1.29 is 9.53 Å². The number of nitrogens with one attached hydrogen (secondary N) is 1. The maximum Gasteiger partial charge on any atom is 0.251 e. The van der Waals surface area contributed by atoms with Gasteiger partial charge in [0.1, 0.15) is 0 Å². The van der Waals surface area contributed by atoms with E-state index < -0.39 is 0 Å². The van der Waals surface area contributed by atoms with Crippen LogP contribution in [0.15, 0.2) is 18.2 Å². The molecule has 1 aromatic rings. The highest BCUT2D eigenvalue weighted by Crippen LogP contribution is 2.12. The second-order valence-corrected chi connectivity index (χ2v) is 5.95. The van der Waals surface area contributed by atoms with E-state index >= 15 is 0 Å². The van der Waals surface area contributed by atoms with E-state index in [1.807, 2.05) is 25.1 Å². The van der Waals surface area contributed by atoms with Crippen LogP contribution in [0.5, 0.6) is 0 Å². The molecule has 1 heterocycles. The Kier molecular flexibility index (Phi) is 5.37. The highest BCUT2D eigenvalue weighted by molar-refractivity contribution is 5.94. The van der Waals surface area contributed by atoms with Gasteiger partial charge in [0.2, 0.25) is 0 Å². The molecule has 1 aliphatic rings. The van der Waals surface area contributed by atoms with Crippen LogP contribution in [-0.2, 0) is 4.74 Å². The topological polar surface area (TPSA) is 41.6 Å². The van der Waals surface area contributed by atoms with Crippen molar-refractivity contribution in [2.45, 2.75) is 39.8 Å². The fourth-order valence-electron chi connectivity index (χ4n) is 2.59. The van der Waals surface area contributed by atoms with Gasteiger partial charge in [0.05, 0.1) is 13.2 Å². The van der Waals surface area contributed by atoms with E-state index in [2.05, 4.69) is 31.0 Å². The van der Waals surface area contributed by atoms with Crippen LogP contribution in [-0.4, -0.2) is 49.2 Å².